The van der Waals surface area contributed by atoms with Crippen LogP contribution in [0.2, 0.25) is 0 Å². The summed E-state index contributed by atoms with van der Waals surface area (Å²) in [7, 11) is 5.57. The molecule has 6 rings (SSSR count). The second-order valence-corrected chi connectivity index (χ2v) is 9.13. The van der Waals surface area contributed by atoms with Crippen molar-refractivity contribution in [3.8, 4) is 22.5 Å². The Morgan fingerprint density at radius 2 is 1.97 bits per heavy atom. The third-order valence-electron chi connectivity index (χ3n) is 7.11. The van der Waals surface area contributed by atoms with Crippen molar-refractivity contribution in [1.82, 2.24) is 39.3 Å². The van der Waals surface area contributed by atoms with Crippen molar-refractivity contribution in [3.63, 3.8) is 0 Å². The first kappa shape index (κ1) is 20.0. The van der Waals surface area contributed by atoms with Crippen LogP contribution in [0.25, 0.3) is 33.4 Å². The van der Waals surface area contributed by atoms with E-state index in [1.54, 1.807) is 11.7 Å². The van der Waals surface area contributed by atoms with Crippen LogP contribution in [0.3, 0.4) is 0 Å². The van der Waals surface area contributed by atoms with Crippen molar-refractivity contribution in [2.24, 2.45) is 14.1 Å². The lowest BCUT2D eigenvalue weighted by molar-refractivity contribution is 0.184. The summed E-state index contributed by atoms with van der Waals surface area (Å²) in [4.78, 5) is 19.4. The molecule has 0 saturated heterocycles. The number of urea groups is 1. The standard InChI is InChI=1S/C24H28N8O/c1-25-24(33)31-9-10-32-20(14-31)22(27-23(32)15-5-4-6-15)16-7-8-19-18(11-16)21(28-30(19)3)17-12-26-29(2)13-17/h7-8,11-13,15H,4-6,9-10,14H2,1-3H3,(H,25,33). The summed E-state index contributed by atoms with van der Waals surface area (Å²) in [5.74, 6) is 1.71. The van der Waals surface area contributed by atoms with Gasteiger partial charge >= 0.3 is 6.03 Å². The van der Waals surface area contributed by atoms with Crippen LogP contribution in [0.15, 0.2) is 30.6 Å². The molecule has 1 aromatic carbocycles. The molecular weight excluding hydrogens is 416 g/mol. The van der Waals surface area contributed by atoms with Gasteiger partial charge in [-0.3, -0.25) is 9.36 Å². The minimum absolute atomic E-state index is 0.0415. The van der Waals surface area contributed by atoms with E-state index < -0.39 is 0 Å². The highest BCUT2D eigenvalue weighted by atomic mass is 16.2. The molecule has 1 fully saturated rings. The molecule has 170 valence electrons. The van der Waals surface area contributed by atoms with Crippen LogP contribution in [0.1, 0.15) is 36.7 Å². The predicted octanol–water partition coefficient (Wildman–Crippen LogP) is 3.26. The Labute approximate surface area is 192 Å². The number of aromatic nitrogens is 6. The molecule has 3 aromatic heterocycles. The fourth-order valence-corrected chi connectivity index (χ4v) is 5.11. The lowest BCUT2D eigenvalue weighted by Crippen LogP contribution is -2.43. The SMILES string of the molecule is CNC(=O)N1CCn2c(C3CCC3)nc(-c3ccc4c(c3)c(-c3cnn(C)c3)nn4C)c2C1. The van der Waals surface area contributed by atoms with E-state index in [0.717, 1.165) is 45.7 Å². The van der Waals surface area contributed by atoms with Crippen LogP contribution in [0.4, 0.5) is 4.79 Å². The Balaban J connectivity index is 1.50. The molecular formula is C24H28N8O. The highest BCUT2D eigenvalue weighted by Gasteiger charge is 2.32. The van der Waals surface area contributed by atoms with Crippen LogP contribution >= 0.6 is 0 Å². The summed E-state index contributed by atoms with van der Waals surface area (Å²) >= 11 is 0. The molecule has 33 heavy (non-hydrogen) atoms. The second-order valence-electron chi connectivity index (χ2n) is 9.13. The average Bonchev–Trinajstić information content (AvgIpc) is 3.47. The third kappa shape index (κ3) is 3.13. The van der Waals surface area contributed by atoms with Gasteiger partial charge in [-0.2, -0.15) is 10.2 Å². The number of carbonyl (C=O) groups is 1. The molecule has 1 saturated carbocycles. The number of carbonyl (C=O) groups excluding carboxylic acids is 1. The van der Waals surface area contributed by atoms with Gasteiger partial charge in [0.2, 0.25) is 0 Å². The number of fused-ring (bicyclic) bond motifs is 2. The number of rotatable bonds is 3. The Morgan fingerprint density at radius 3 is 2.67 bits per heavy atom. The molecule has 9 nitrogen and oxygen atoms in total. The van der Waals surface area contributed by atoms with E-state index in [1.165, 1.54) is 25.1 Å². The van der Waals surface area contributed by atoms with Crippen LogP contribution in [-0.4, -0.2) is 53.6 Å². The number of hydrogen-bond donors (Lipinski definition) is 1. The van der Waals surface area contributed by atoms with Gasteiger partial charge in [-0.25, -0.2) is 9.78 Å². The van der Waals surface area contributed by atoms with E-state index in [9.17, 15) is 4.79 Å². The fourth-order valence-electron chi connectivity index (χ4n) is 5.11. The first-order chi connectivity index (χ1) is 16.0. The molecule has 4 heterocycles. The van der Waals surface area contributed by atoms with E-state index in [-0.39, 0.29) is 6.03 Å². The molecule has 0 unspecified atom stereocenters. The molecule has 0 spiro atoms. The van der Waals surface area contributed by atoms with Crippen molar-refractivity contribution in [2.75, 3.05) is 13.6 Å². The summed E-state index contributed by atoms with van der Waals surface area (Å²) in [5.41, 5.74) is 6.15. The summed E-state index contributed by atoms with van der Waals surface area (Å²) in [6.45, 7) is 2.06. The van der Waals surface area contributed by atoms with Gasteiger partial charge in [0.25, 0.3) is 0 Å². The summed E-state index contributed by atoms with van der Waals surface area (Å²) in [6.07, 6.45) is 7.50. The number of aryl methyl sites for hydroxylation is 2. The highest BCUT2D eigenvalue weighted by molar-refractivity contribution is 5.95. The van der Waals surface area contributed by atoms with Crippen LogP contribution in [-0.2, 0) is 27.2 Å². The molecule has 1 N–H and O–H groups in total. The lowest BCUT2D eigenvalue weighted by atomic mass is 9.85. The number of hydrogen-bond acceptors (Lipinski definition) is 4. The van der Waals surface area contributed by atoms with Crippen LogP contribution in [0, 0.1) is 0 Å². The van der Waals surface area contributed by atoms with E-state index in [2.05, 4.69) is 33.2 Å². The zero-order valence-corrected chi connectivity index (χ0v) is 19.2. The topological polar surface area (TPSA) is 85.8 Å². The van der Waals surface area contributed by atoms with Crippen molar-refractivity contribution in [3.05, 3.63) is 42.1 Å². The number of nitrogens with zero attached hydrogens (tertiary/aromatic N) is 7. The van der Waals surface area contributed by atoms with Gasteiger partial charge in [-0.05, 0) is 25.0 Å². The minimum Gasteiger partial charge on any atom is -0.341 e. The predicted molar refractivity (Wildman–Crippen MR) is 126 cm³/mol. The number of amides is 2. The Kier molecular flexibility index (Phi) is 4.53. The van der Waals surface area contributed by atoms with Crippen LogP contribution < -0.4 is 5.32 Å². The molecule has 9 heteroatoms. The summed E-state index contributed by atoms with van der Waals surface area (Å²) in [6, 6.07) is 6.40. The molecule has 2 amide bonds. The van der Waals surface area contributed by atoms with Gasteiger partial charge in [0.15, 0.2) is 0 Å². The zero-order chi connectivity index (χ0) is 22.7. The zero-order valence-electron chi connectivity index (χ0n) is 19.2. The molecule has 2 aliphatic rings. The first-order valence-corrected chi connectivity index (χ1v) is 11.6. The van der Waals surface area contributed by atoms with Gasteiger partial charge in [0, 0.05) is 62.9 Å². The minimum atomic E-state index is -0.0415. The number of nitrogens with one attached hydrogen (secondary N) is 1. The molecule has 0 atom stereocenters. The molecule has 0 radical (unpaired) electrons. The Bertz CT molecular complexity index is 1370. The Morgan fingerprint density at radius 1 is 1.12 bits per heavy atom. The first-order valence-electron chi connectivity index (χ1n) is 11.6. The summed E-state index contributed by atoms with van der Waals surface area (Å²) in [5, 5.41) is 12.9. The van der Waals surface area contributed by atoms with Crippen LogP contribution in [0.5, 0.6) is 0 Å². The Hall–Kier alpha value is -3.62. The van der Waals surface area contributed by atoms with Gasteiger partial charge in [-0.15, -0.1) is 0 Å². The van der Waals surface area contributed by atoms with Crippen molar-refractivity contribution >= 4 is 16.9 Å². The maximum atomic E-state index is 12.4. The average molecular weight is 445 g/mol. The maximum Gasteiger partial charge on any atom is 0.317 e. The maximum absolute atomic E-state index is 12.4. The fraction of sp³-hybridized carbons (Fsp3) is 0.417. The number of imidazole rings is 1. The second kappa shape index (κ2) is 7.47. The van der Waals surface area contributed by atoms with Gasteiger partial charge in [-0.1, -0.05) is 12.5 Å². The normalized spacial score (nSPS) is 16.2. The molecule has 1 aliphatic heterocycles. The van der Waals surface area contributed by atoms with E-state index >= 15 is 0 Å². The molecule has 0 bridgehead atoms. The van der Waals surface area contributed by atoms with E-state index in [1.807, 2.05) is 36.1 Å². The highest BCUT2D eigenvalue weighted by Crippen LogP contribution is 2.40. The summed E-state index contributed by atoms with van der Waals surface area (Å²) < 4.78 is 6.08. The van der Waals surface area contributed by atoms with Gasteiger partial charge in [0.1, 0.15) is 11.5 Å². The monoisotopic (exact) mass is 444 g/mol. The number of benzene rings is 1. The largest absolute Gasteiger partial charge is 0.341 e. The van der Waals surface area contributed by atoms with Gasteiger partial charge < -0.3 is 14.8 Å². The smallest absolute Gasteiger partial charge is 0.317 e. The third-order valence-corrected chi connectivity index (χ3v) is 7.11. The van der Waals surface area contributed by atoms with E-state index in [4.69, 9.17) is 10.1 Å². The van der Waals surface area contributed by atoms with Crippen molar-refractivity contribution < 1.29 is 4.79 Å². The molecule has 4 aromatic rings. The van der Waals surface area contributed by atoms with Crippen molar-refractivity contribution in [1.29, 1.82) is 0 Å². The van der Waals surface area contributed by atoms with Crippen molar-refractivity contribution in [2.45, 2.75) is 38.3 Å². The van der Waals surface area contributed by atoms with E-state index in [0.29, 0.717) is 19.0 Å². The van der Waals surface area contributed by atoms with Gasteiger partial charge in [0.05, 0.1) is 29.6 Å². The quantitative estimate of drug-likeness (QED) is 0.526. The lowest BCUT2D eigenvalue weighted by Gasteiger charge is -2.31. The molecule has 1 aliphatic carbocycles.